The van der Waals surface area contributed by atoms with E-state index in [-0.39, 0.29) is 63.9 Å². The summed E-state index contributed by atoms with van der Waals surface area (Å²) >= 11 is 0. The van der Waals surface area contributed by atoms with E-state index in [1.54, 1.807) is 36.1 Å². The van der Waals surface area contributed by atoms with Crippen LogP contribution < -0.4 is 23.7 Å². The Morgan fingerprint density at radius 1 is 0.967 bits per heavy atom. The first kappa shape index (κ1) is 43.5. The maximum absolute atomic E-state index is 14.4. The molecule has 0 aromatic heterocycles. The third-order valence-electron chi connectivity index (χ3n) is 12.1. The van der Waals surface area contributed by atoms with Gasteiger partial charge in [-0.3, -0.25) is 9.69 Å². The molecule has 1 saturated carbocycles. The van der Waals surface area contributed by atoms with E-state index in [1.807, 2.05) is 36.4 Å². The van der Waals surface area contributed by atoms with E-state index in [2.05, 4.69) is 17.8 Å². The number of oxime groups is 1. The number of carbonyl (C=O) groups is 2. The lowest BCUT2D eigenvalue weighted by Crippen LogP contribution is -2.70. The standard InChI is InChI=1S/C47H56N2O12/c1-5-21-59-47-43(49(46(53)56-6-2)27-30-13-16-41-42(22-30)58-29-57-41)26-38(48-55-4)36-24-31(11-7-9-19-50)35(12-8-10-20-51)44(45(36)47)37-25-34(15-18-40(37)61-47)60-33-14-17-39(54-3)32(23-33)28-52/h5,13-18,22-25,28,31,35,43-45,50-51H,1,6-12,19-21,26-27,29H2,2-4H3/t31-,35+,43-,44+,45+,47+/m0/s1. The van der Waals surface area contributed by atoms with Crippen molar-refractivity contribution in [3.63, 3.8) is 0 Å². The number of allylic oxidation sites excluding steroid dienone is 1. The molecule has 0 bridgehead atoms. The number of fused-ring (bicyclic) bond motifs is 3. The Morgan fingerprint density at radius 3 is 2.46 bits per heavy atom. The van der Waals surface area contributed by atoms with Crippen LogP contribution in [0.3, 0.4) is 0 Å². The molecule has 3 aromatic rings. The molecular weight excluding hydrogens is 785 g/mol. The summed E-state index contributed by atoms with van der Waals surface area (Å²) in [5.41, 5.74) is 3.57. The minimum absolute atomic E-state index is 0.00120. The lowest BCUT2D eigenvalue weighted by Gasteiger charge is -2.59. The minimum atomic E-state index is -1.49. The first-order chi connectivity index (χ1) is 29.8. The van der Waals surface area contributed by atoms with E-state index < -0.39 is 23.8 Å². The molecule has 0 radical (unpaired) electrons. The minimum Gasteiger partial charge on any atom is -0.496 e. The van der Waals surface area contributed by atoms with Crippen molar-refractivity contribution in [3.8, 4) is 34.5 Å². The Bertz CT molecular complexity index is 2100. The van der Waals surface area contributed by atoms with Gasteiger partial charge in [-0.2, -0.15) is 0 Å². The molecule has 6 atom stereocenters. The van der Waals surface area contributed by atoms with Crippen LogP contribution in [0.15, 0.2) is 84.1 Å². The van der Waals surface area contributed by atoms with Crippen molar-refractivity contribution in [2.75, 3.05) is 47.4 Å². The highest BCUT2D eigenvalue weighted by molar-refractivity contribution is 6.03. The van der Waals surface area contributed by atoms with E-state index in [0.717, 1.165) is 48.7 Å². The number of aldehydes is 1. The summed E-state index contributed by atoms with van der Waals surface area (Å²) in [6.45, 7) is 6.39. The fourth-order valence-corrected chi connectivity index (χ4v) is 9.57. The van der Waals surface area contributed by atoms with E-state index in [1.165, 1.54) is 14.2 Å². The summed E-state index contributed by atoms with van der Waals surface area (Å²) in [6, 6.07) is 15.5. The molecule has 326 valence electrons. The summed E-state index contributed by atoms with van der Waals surface area (Å²) in [6.07, 6.45) is 8.72. The van der Waals surface area contributed by atoms with Crippen LogP contribution >= 0.6 is 0 Å². The summed E-state index contributed by atoms with van der Waals surface area (Å²) in [4.78, 5) is 33.6. The number of carbonyl (C=O) groups excluding carboxylic acids is 2. The van der Waals surface area contributed by atoms with Crippen LogP contribution in [0.4, 0.5) is 4.79 Å². The van der Waals surface area contributed by atoms with Gasteiger partial charge >= 0.3 is 6.09 Å². The quantitative estimate of drug-likeness (QED) is 0.0489. The zero-order valence-corrected chi connectivity index (χ0v) is 35.1. The molecule has 1 amide bonds. The van der Waals surface area contributed by atoms with E-state index in [0.29, 0.717) is 58.6 Å². The largest absolute Gasteiger partial charge is 0.496 e. The average Bonchev–Trinajstić information content (AvgIpc) is 3.75. The maximum Gasteiger partial charge on any atom is 0.410 e. The van der Waals surface area contributed by atoms with Crippen LogP contribution in [0.25, 0.3) is 0 Å². The molecule has 14 heteroatoms. The van der Waals surface area contributed by atoms with Gasteiger partial charge in [-0.15, -0.1) is 6.58 Å². The van der Waals surface area contributed by atoms with Gasteiger partial charge < -0.3 is 48.2 Å². The molecule has 0 unspecified atom stereocenters. The topological polar surface area (TPSA) is 164 Å². The van der Waals surface area contributed by atoms with Gasteiger partial charge in [-0.1, -0.05) is 36.2 Å². The number of hydrogen-bond acceptors (Lipinski definition) is 13. The van der Waals surface area contributed by atoms with Gasteiger partial charge in [0.25, 0.3) is 0 Å². The van der Waals surface area contributed by atoms with Crippen LogP contribution in [0.2, 0.25) is 0 Å². The van der Waals surface area contributed by atoms with Crippen molar-refractivity contribution in [2.45, 2.75) is 76.2 Å². The first-order valence-corrected chi connectivity index (χ1v) is 21.1. The maximum atomic E-state index is 14.4. The number of methoxy groups -OCH3 is 1. The fourth-order valence-electron chi connectivity index (χ4n) is 9.57. The molecule has 0 spiro atoms. The van der Waals surface area contributed by atoms with Gasteiger partial charge in [-0.05, 0) is 104 Å². The third-order valence-corrected chi connectivity index (χ3v) is 12.1. The van der Waals surface area contributed by atoms with Crippen molar-refractivity contribution in [2.24, 2.45) is 22.9 Å². The molecule has 1 fully saturated rings. The Hall–Kier alpha value is -5.57. The van der Waals surface area contributed by atoms with Gasteiger partial charge in [0.1, 0.15) is 36.1 Å². The van der Waals surface area contributed by atoms with Gasteiger partial charge in [0.2, 0.25) is 12.6 Å². The van der Waals surface area contributed by atoms with Crippen LogP contribution in [0, 0.1) is 17.8 Å². The average molecular weight is 841 g/mol. The molecule has 2 aliphatic carbocycles. The Morgan fingerprint density at radius 2 is 1.72 bits per heavy atom. The normalized spacial score (nSPS) is 23.8. The summed E-state index contributed by atoms with van der Waals surface area (Å²) in [7, 11) is 3.02. The lowest BCUT2D eigenvalue weighted by molar-refractivity contribution is -0.256. The van der Waals surface area contributed by atoms with Crippen LogP contribution in [0.1, 0.15) is 79.3 Å². The number of amides is 1. The zero-order chi connectivity index (χ0) is 42.9. The van der Waals surface area contributed by atoms with Gasteiger partial charge in [-0.25, -0.2) is 4.79 Å². The molecular formula is C47H56N2O12. The number of benzene rings is 3. The summed E-state index contributed by atoms with van der Waals surface area (Å²) < 4.78 is 43.2. The van der Waals surface area contributed by atoms with Gasteiger partial charge in [0.15, 0.2) is 17.8 Å². The second-order valence-corrected chi connectivity index (χ2v) is 15.6. The number of aliphatic hydroxyl groups excluding tert-OH is 2. The molecule has 2 heterocycles. The Labute approximate surface area is 356 Å². The van der Waals surface area contributed by atoms with E-state index in [9.17, 15) is 19.8 Å². The van der Waals surface area contributed by atoms with Crippen LogP contribution in [-0.2, 0) is 20.9 Å². The molecule has 2 N–H and O–H groups in total. The second kappa shape index (κ2) is 19.9. The van der Waals surface area contributed by atoms with Gasteiger partial charge in [0.05, 0.1) is 37.5 Å². The molecule has 4 aliphatic rings. The highest BCUT2D eigenvalue weighted by atomic mass is 16.7. The number of rotatable bonds is 20. The SMILES string of the molecule is C=CCO[C@@]12Oc3ccc(Oc4ccc(OC)c(C=O)c4)cc3[C@H]3[C@H](CCCCO)[C@@H](CCCCO)C=C(C(=NOC)C[C@@H]1N(Cc1ccc4c(c1)OCO4)C(=O)OCC)[C@H]32. The van der Waals surface area contributed by atoms with Crippen LogP contribution in [-0.4, -0.2) is 92.5 Å². The second-order valence-electron chi connectivity index (χ2n) is 15.6. The molecule has 61 heavy (non-hydrogen) atoms. The number of aliphatic hydroxyl groups is 2. The predicted molar refractivity (Wildman–Crippen MR) is 226 cm³/mol. The molecule has 7 rings (SSSR count). The molecule has 0 saturated heterocycles. The van der Waals surface area contributed by atoms with Crippen LogP contribution in [0.5, 0.6) is 34.5 Å². The zero-order valence-electron chi connectivity index (χ0n) is 35.1. The monoisotopic (exact) mass is 840 g/mol. The first-order valence-electron chi connectivity index (χ1n) is 21.1. The predicted octanol–water partition coefficient (Wildman–Crippen LogP) is 7.95. The van der Waals surface area contributed by atoms with E-state index in [4.69, 9.17) is 38.0 Å². The van der Waals surface area contributed by atoms with Crippen molar-refractivity contribution in [3.05, 3.63) is 95.6 Å². The summed E-state index contributed by atoms with van der Waals surface area (Å²) in [5.74, 6) is 0.917. The Balaban J connectivity index is 1.43. The van der Waals surface area contributed by atoms with Crippen molar-refractivity contribution in [1.29, 1.82) is 0 Å². The highest BCUT2D eigenvalue weighted by Crippen LogP contribution is 2.62. The molecule has 3 aromatic carbocycles. The summed E-state index contributed by atoms with van der Waals surface area (Å²) in [5, 5.41) is 24.5. The van der Waals surface area contributed by atoms with Gasteiger partial charge in [0, 0.05) is 37.7 Å². The van der Waals surface area contributed by atoms with Crippen molar-refractivity contribution in [1.82, 2.24) is 4.90 Å². The molecule has 14 nitrogen and oxygen atoms in total. The van der Waals surface area contributed by atoms with Crippen molar-refractivity contribution < 1.29 is 57.8 Å². The number of unbranched alkanes of at least 4 members (excludes halogenated alkanes) is 2. The number of hydrogen-bond donors (Lipinski definition) is 2. The fraction of sp³-hybridized carbons (Fsp3) is 0.468. The lowest BCUT2D eigenvalue weighted by atomic mass is 9.55. The number of nitrogens with zero attached hydrogens (tertiary/aromatic N) is 2. The third kappa shape index (κ3) is 8.93. The highest BCUT2D eigenvalue weighted by Gasteiger charge is 2.65. The smallest absolute Gasteiger partial charge is 0.410 e. The van der Waals surface area contributed by atoms with E-state index >= 15 is 0 Å². The van der Waals surface area contributed by atoms with Crippen molar-refractivity contribution >= 4 is 18.1 Å². The Kier molecular flexibility index (Phi) is 14.2. The molecule has 2 aliphatic heterocycles. The number of ether oxygens (including phenoxy) is 7.